The minimum Gasteiger partial charge on any atom is -0.342 e. The van der Waals surface area contributed by atoms with Crippen molar-refractivity contribution in [3.8, 4) is 0 Å². The van der Waals surface area contributed by atoms with Crippen LogP contribution in [0.5, 0.6) is 0 Å². The first-order valence-electron chi connectivity index (χ1n) is 6.81. The molecule has 0 bridgehead atoms. The highest BCUT2D eigenvalue weighted by atomic mass is 16.6. The number of hydrogen-bond acceptors (Lipinski definition) is 4. The number of hydrogen-bond donors (Lipinski definition) is 1. The lowest BCUT2D eigenvalue weighted by atomic mass is 9.96. The third kappa shape index (κ3) is 3.54. The van der Waals surface area contributed by atoms with Gasteiger partial charge in [-0.15, -0.1) is 0 Å². The van der Waals surface area contributed by atoms with Crippen molar-refractivity contribution in [3.63, 3.8) is 0 Å². The van der Waals surface area contributed by atoms with Gasteiger partial charge in [-0.3, -0.25) is 14.9 Å². The number of nitrogens with zero attached hydrogens (tertiary/aromatic N) is 2. The molecule has 1 heterocycles. The van der Waals surface area contributed by atoms with Crippen LogP contribution < -0.4 is 5.73 Å². The van der Waals surface area contributed by atoms with Crippen molar-refractivity contribution in [2.75, 3.05) is 19.6 Å². The summed E-state index contributed by atoms with van der Waals surface area (Å²) < 4.78 is 0. The van der Waals surface area contributed by atoms with E-state index in [0.717, 1.165) is 25.9 Å². The Morgan fingerprint density at radius 1 is 1.40 bits per heavy atom. The van der Waals surface area contributed by atoms with E-state index >= 15 is 0 Å². The van der Waals surface area contributed by atoms with Gasteiger partial charge in [-0.2, -0.15) is 0 Å². The summed E-state index contributed by atoms with van der Waals surface area (Å²) in [5, 5.41) is 10.7. The van der Waals surface area contributed by atoms with Crippen LogP contribution in [0.2, 0.25) is 0 Å². The number of amides is 1. The Morgan fingerprint density at radius 3 is 2.70 bits per heavy atom. The summed E-state index contributed by atoms with van der Waals surface area (Å²) in [6.07, 6.45) is 2.10. The minimum absolute atomic E-state index is 0.0251. The second-order valence-electron chi connectivity index (χ2n) is 5.16. The smallest absolute Gasteiger partial charge is 0.269 e. The van der Waals surface area contributed by atoms with Crippen LogP contribution in [0.25, 0.3) is 0 Å². The average molecular weight is 277 g/mol. The Bertz CT molecular complexity index is 496. The molecular weight excluding hydrogens is 258 g/mol. The van der Waals surface area contributed by atoms with E-state index < -0.39 is 4.92 Å². The van der Waals surface area contributed by atoms with Crippen molar-refractivity contribution in [2.45, 2.75) is 19.3 Å². The standard InChI is InChI=1S/C14H19N3O3/c15-10-11-4-6-16(7-5-11)14(18)9-12-2-1-3-13(8-12)17(19)20/h1-3,8,11H,4-7,9-10,15H2. The van der Waals surface area contributed by atoms with Gasteiger partial charge in [0, 0.05) is 25.2 Å². The molecule has 0 aromatic heterocycles. The quantitative estimate of drug-likeness (QED) is 0.664. The highest BCUT2D eigenvalue weighted by molar-refractivity contribution is 5.79. The van der Waals surface area contributed by atoms with E-state index in [2.05, 4.69) is 0 Å². The van der Waals surface area contributed by atoms with Crippen molar-refractivity contribution >= 4 is 11.6 Å². The molecule has 1 aromatic carbocycles. The molecule has 0 atom stereocenters. The molecule has 1 fully saturated rings. The van der Waals surface area contributed by atoms with E-state index in [-0.39, 0.29) is 18.0 Å². The van der Waals surface area contributed by atoms with Crippen molar-refractivity contribution < 1.29 is 9.72 Å². The minimum atomic E-state index is -0.444. The fourth-order valence-corrected chi connectivity index (χ4v) is 2.48. The number of non-ortho nitro benzene ring substituents is 1. The summed E-state index contributed by atoms with van der Waals surface area (Å²) >= 11 is 0. The monoisotopic (exact) mass is 277 g/mol. The summed E-state index contributed by atoms with van der Waals surface area (Å²) in [6.45, 7) is 2.14. The molecule has 6 heteroatoms. The number of nitrogens with two attached hydrogens (primary N) is 1. The molecule has 0 aliphatic carbocycles. The van der Waals surface area contributed by atoms with Gasteiger partial charge in [-0.1, -0.05) is 12.1 Å². The first kappa shape index (κ1) is 14.5. The second-order valence-corrected chi connectivity index (χ2v) is 5.16. The van der Waals surface area contributed by atoms with E-state index in [1.165, 1.54) is 12.1 Å². The summed E-state index contributed by atoms with van der Waals surface area (Å²) in [4.78, 5) is 24.3. The molecule has 2 rings (SSSR count). The number of benzene rings is 1. The SMILES string of the molecule is NCC1CCN(C(=O)Cc2cccc([N+](=O)[O-])c2)CC1. The summed E-state index contributed by atoms with van der Waals surface area (Å²) in [5.74, 6) is 0.540. The number of likely N-dealkylation sites (tertiary alicyclic amines) is 1. The molecule has 6 nitrogen and oxygen atoms in total. The molecule has 20 heavy (non-hydrogen) atoms. The summed E-state index contributed by atoms with van der Waals surface area (Å²) in [7, 11) is 0. The Hall–Kier alpha value is -1.95. The Labute approximate surface area is 117 Å². The molecule has 0 unspecified atom stereocenters. The van der Waals surface area contributed by atoms with Gasteiger partial charge in [-0.25, -0.2) is 0 Å². The number of nitro groups is 1. The largest absolute Gasteiger partial charge is 0.342 e. The number of carbonyl (C=O) groups excluding carboxylic acids is 1. The molecular formula is C14H19N3O3. The van der Waals surface area contributed by atoms with Crippen LogP contribution in [0.1, 0.15) is 18.4 Å². The van der Waals surface area contributed by atoms with Gasteiger partial charge in [0.05, 0.1) is 11.3 Å². The predicted octanol–water partition coefficient (Wildman–Crippen LogP) is 1.33. The Balaban J connectivity index is 1.95. The highest BCUT2D eigenvalue weighted by Crippen LogP contribution is 2.18. The van der Waals surface area contributed by atoms with Crippen molar-refractivity contribution in [1.82, 2.24) is 4.90 Å². The molecule has 0 radical (unpaired) electrons. The maximum absolute atomic E-state index is 12.2. The van der Waals surface area contributed by atoms with Crippen molar-refractivity contribution in [1.29, 1.82) is 0 Å². The first-order valence-corrected chi connectivity index (χ1v) is 6.81. The van der Waals surface area contributed by atoms with Gasteiger partial charge in [0.2, 0.25) is 5.91 Å². The summed E-state index contributed by atoms with van der Waals surface area (Å²) in [6, 6.07) is 6.25. The number of rotatable bonds is 4. The zero-order valence-corrected chi connectivity index (χ0v) is 11.3. The number of carbonyl (C=O) groups is 1. The van der Waals surface area contributed by atoms with Crippen LogP contribution in [-0.4, -0.2) is 35.4 Å². The normalized spacial score (nSPS) is 16.1. The lowest BCUT2D eigenvalue weighted by Gasteiger charge is -2.31. The lowest BCUT2D eigenvalue weighted by Crippen LogP contribution is -2.40. The van der Waals surface area contributed by atoms with Gasteiger partial charge in [0.15, 0.2) is 0 Å². The zero-order chi connectivity index (χ0) is 14.5. The van der Waals surface area contributed by atoms with Crippen molar-refractivity contribution in [3.05, 3.63) is 39.9 Å². The zero-order valence-electron chi connectivity index (χ0n) is 11.3. The molecule has 1 aliphatic heterocycles. The Kier molecular flexibility index (Phi) is 4.68. The highest BCUT2D eigenvalue weighted by Gasteiger charge is 2.22. The van der Waals surface area contributed by atoms with Crippen LogP contribution in [0.15, 0.2) is 24.3 Å². The molecule has 0 saturated carbocycles. The van der Waals surface area contributed by atoms with Gasteiger partial charge in [0.25, 0.3) is 5.69 Å². The van der Waals surface area contributed by atoms with E-state index in [0.29, 0.717) is 18.0 Å². The molecule has 2 N–H and O–H groups in total. The lowest BCUT2D eigenvalue weighted by molar-refractivity contribution is -0.384. The Morgan fingerprint density at radius 2 is 2.10 bits per heavy atom. The van der Waals surface area contributed by atoms with E-state index in [4.69, 9.17) is 5.73 Å². The van der Waals surface area contributed by atoms with E-state index in [9.17, 15) is 14.9 Å². The second kappa shape index (κ2) is 6.47. The number of nitro benzene ring substituents is 1. The molecule has 1 saturated heterocycles. The van der Waals surface area contributed by atoms with Crippen LogP contribution in [0.4, 0.5) is 5.69 Å². The molecule has 108 valence electrons. The van der Waals surface area contributed by atoms with Gasteiger partial charge in [0.1, 0.15) is 0 Å². The van der Waals surface area contributed by atoms with Crippen LogP contribution in [0, 0.1) is 16.0 Å². The predicted molar refractivity (Wildman–Crippen MR) is 75.2 cm³/mol. The van der Waals surface area contributed by atoms with E-state index in [1.807, 2.05) is 4.90 Å². The fourth-order valence-electron chi connectivity index (χ4n) is 2.48. The maximum Gasteiger partial charge on any atom is 0.269 e. The average Bonchev–Trinajstić information content (AvgIpc) is 2.47. The third-order valence-electron chi connectivity index (χ3n) is 3.78. The van der Waals surface area contributed by atoms with E-state index in [1.54, 1.807) is 12.1 Å². The molecule has 1 aliphatic rings. The van der Waals surface area contributed by atoms with Crippen LogP contribution >= 0.6 is 0 Å². The molecule has 1 amide bonds. The van der Waals surface area contributed by atoms with Gasteiger partial charge in [-0.05, 0) is 30.9 Å². The van der Waals surface area contributed by atoms with Crippen molar-refractivity contribution in [2.24, 2.45) is 11.7 Å². The molecule has 0 spiro atoms. The van der Waals surface area contributed by atoms with Gasteiger partial charge >= 0.3 is 0 Å². The van der Waals surface area contributed by atoms with Gasteiger partial charge < -0.3 is 10.6 Å². The third-order valence-corrected chi connectivity index (χ3v) is 3.78. The topological polar surface area (TPSA) is 89.5 Å². The first-order chi connectivity index (χ1) is 9.60. The number of piperidine rings is 1. The summed E-state index contributed by atoms with van der Waals surface area (Å²) in [5.41, 5.74) is 6.34. The fraction of sp³-hybridized carbons (Fsp3) is 0.500. The maximum atomic E-state index is 12.2. The van der Waals surface area contributed by atoms with Crippen LogP contribution in [-0.2, 0) is 11.2 Å². The van der Waals surface area contributed by atoms with Crippen LogP contribution in [0.3, 0.4) is 0 Å². The molecule has 1 aromatic rings.